The van der Waals surface area contributed by atoms with Gasteiger partial charge in [0.1, 0.15) is 12.4 Å². The molecule has 3 aromatic carbocycles. The maximum absolute atomic E-state index is 13.3. The van der Waals surface area contributed by atoms with Crippen LogP contribution in [0.3, 0.4) is 0 Å². The lowest BCUT2D eigenvalue weighted by molar-refractivity contribution is -0.385. The van der Waals surface area contributed by atoms with Crippen LogP contribution in [0.2, 0.25) is 5.02 Å². The van der Waals surface area contributed by atoms with Crippen molar-refractivity contribution in [3.05, 3.63) is 107 Å². The van der Waals surface area contributed by atoms with E-state index in [4.69, 9.17) is 16.3 Å². The second-order valence-electron chi connectivity index (χ2n) is 8.52. The monoisotopic (exact) mass is 568 g/mol. The topological polar surface area (TPSA) is 99.6 Å². The number of hydrogen-bond acceptors (Lipinski definition) is 6. The minimum atomic E-state index is -0.561. The number of ether oxygens (including phenoxy) is 1. The molecular formula is C26H22BrClN4O4. The highest BCUT2D eigenvalue weighted by Crippen LogP contribution is 2.34. The van der Waals surface area contributed by atoms with E-state index in [9.17, 15) is 14.9 Å². The summed E-state index contributed by atoms with van der Waals surface area (Å²) in [5, 5.41) is 16.7. The van der Waals surface area contributed by atoms with Crippen molar-refractivity contribution in [1.82, 2.24) is 9.66 Å². The predicted octanol–water partition coefficient (Wildman–Crippen LogP) is 6.61. The quantitative estimate of drug-likeness (QED) is 0.142. The largest absolute Gasteiger partial charge is 0.481 e. The third-order valence-corrected chi connectivity index (χ3v) is 6.14. The average Bonchev–Trinajstić information content (AvgIpc) is 2.83. The van der Waals surface area contributed by atoms with Crippen LogP contribution in [0.25, 0.3) is 10.9 Å². The summed E-state index contributed by atoms with van der Waals surface area (Å²) >= 11 is 9.57. The number of aromatic nitrogens is 2. The van der Waals surface area contributed by atoms with Gasteiger partial charge in [-0.3, -0.25) is 14.9 Å². The van der Waals surface area contributed by atoms with Gasteiger partial charge in [-0.15, -0.1) is 0 Å². The van der Waals surface area contributed by atoms with Crippen molar-refractivity contribution in [2.24, 2.45) is 5.10 Å². The van der Waals surface area contributed by atoms with Gasteiger partial charge in [0.25, 0.3) is 5.56 Å². The van der Waals surface area contributed by atoms with Crippen molar-refractivity contribution < 1.29 is 9.66 Å². The normalized spacial score (nSPS) is 11.5. The number of nitrogens with zero attached hydrogens (tertiary/aromatic N) is 4. The number of fused-ring (bicyclic) bond motifs is 1. The van der Waals surface area contributed by atoms with Crippen LogP contribution in [0.15, 0.2) is 69.0 Å². The zero-order chi connectivity index (χ0) is 26.0. The van der Waals surface area contributed by atoms with Crippen LogP contribution in [0, 0.1) is 17.0 Å². The fourth-order valence-electron chi connectivity index (χ4n) is 3.60. The van der Waals surface area contributed by atoms with Gasteiger partial charge in [-0.1, -0.05) is 71.2 Å². The van der Waals surface area contributed by atoms with E-state index in [2.05, 4.69) is 26.0 Å². The van der Waals surface area contributed by atoms with Crippen LogP contribution in [0.4, 0.5) is 5.69 Å². The molecule has 184 valence electrons. The van der Waals surface area contributed by atoms with Crippen LogP contribution in [0.1, 0.15) is 42.3 Å². The lowest BCUT2D eigenvalue weighted by Crippen LogP contribution is -2.23. The second-order valence-corrected chi connectivity index (χ2v) is 9.87. The summed E-state index contributed by atoms with van der Waals surface area (Å²) in [6.45, 7) is 5.88. The molecular weight excluding hydrogens is 548 g/mol. The summed E-state index contributed by atoms with van der Waals surface area (Å²) in [4.78, 5) is 29.2. The number of rotatable bonds is 7. The summed E-state index contributed by atoms with van der Waals surface area (Å²) < 4.78 is 7.83. The molecule has 8 nitrogen and oxygen atoms in total. The van der Waals surface area contributed by atoms with E-state index in [1.54, 1.807) is 12.1 Å². The fourth-order valence-corrected chi connectivity index (χ4v) is 4.18. The second kappa shape index (κ2) is 10.6. The number of nitro benzene ring substituents is 1. The van der Waals surface area contributed by atoms with Crippen molar-refractivity contribution in [1.29, 1.82) is 0 Å². The Hall–Kier alpha value is -3.56. The molecule has 0 bridgehead atoms. The van der Waals surface area contributed by atoms with Crippen LogP contribution in [-0.4, -0.2) is 20.8 Å². The third kappa shape index (κ3) is 5.47. The number of benzene rings is 3. The molecule has 0 amide bonds. The lowest BCUT2D eigenvalue weighted by Gasteiger charge is -2.13. The van der Waals surface area contributed by atoms with Gasteiger partial charge in [-0.2, -0.15) is 9.78 Å². The minimum Gasteiger partial charge on any atom is -0.481 e. The summed E-state index contributed by atoms with van der Waals surface area (Å²) in [6, 6.07) is 15.6. The number of hydrogen-bond donors (Lipinski definition) is 0. The number of halogens is 2. The summed E-state index contributed by atoms with van der Waals surface area (Å²) in [6.07, 6.45) is 1.34. The first-order chi connectivity index (χ1) is 17.1. The maximum atomic E-state index is 13.3. The molecule has 0 fully saturated rings. The van der Waals surface area contributed by atoms with Crippen molar-refractivity contribution >= 4 is 50.3 Å². The molecule has 4 rings (SSSR count). The summed E-state index contributed by atoms with van der Waals surface area (Å²) in [5.41, 5.74) is 2.09. The van der Waals surface area contributed by atoms with Crippen molar-refractivity contribution in [3.8, 4) is 5.75 Å². The Morgan fingerprint density at radius 2 is 1.92 bits per heavy atom. The average molecular weight is 570 g/mol. The van der Waals surface area contributed by atoms with E-state index in [1.807, 2.05) is 51.1 Å². The molecule has 0 aliphatic rings. The van der Waals surface area contributed by atoms with E-state index in [0.29, 0.717) is 16.7 Å². The first kappa shape index (κ1) is 25.5. The highest BCUT2D eigenvalue weighted by atomic mass is 79.9. The summed E-state index contributed by atoms with van der Waals surface area (Å²) in [7, 11) is 0. The van der Waals surface area contributed by atoms with E-state index in [0.717, 1.165) is 15.6 Å². The molecule has 1 aromatic heterocycles. The molecule has 0 aliphatic carbocycles. The highest BCUT2D eigenvalue weighted by Gasteiger charge is 2.21. The van der Waals surface area contributed by atoms with E-state index in [1.165, 1.54) is 23.0 Å². The van der Waals surface area contributed by atoms with Gasteiger partial charge in [0.15, 0.2) is 0 Å². The lowest BCUT2D eigenvalue weighted by atomic mass is 10.1. The van der Waals surface area contributed by atoms with Crippen LogP contribution in [-0.2, 0) is 6.61 Å². The molecule has 0 unspecified atom stereocenters. The predicted molar refractivity (Wildman–Crippen MR) is 144 cm³/mol. The van der Waals surface area contributed by atoms with Gasteiger partial charge in [0.05, 0.1) is 22.0 Å². The fraction of sp³-hybridized carbons (Fsp3) is 0.192. The Bertz CT molecular complexity index is 1550. The van der Waals surface area contributed by atoms with Crippen molar-refractivity contribution in [2.45, 2.75) is 33.3 Å². The third-order valence-electron chi connectivity index (χ3n) is 5.43. The zero-order valence-corrected chi connectivity index (χ0v) is 22.1. The Morgan fingerprint density at radius 1 is 1.19 bits per heavy atom. The molecule has 0 atom stereocenters. The summed E-state index contributed by atoms with van der Waals surface area (Å²) in [5.74, 6) is 0.336. The molecule has 36 heavy (non-hydrogen) atoms. The van der Waals surface area contributed by atoms with E-state index < -0.39 is 4.92 Å². The first-order valence-electron chi connectivity index (χ1n) is 11.1. The molecule has 0 aliphatic heterocycles. The molecule has 1 heterocycles. The number of nitro groups is 1. The van der Waals surface area contributed by atoms with Crippen LogP contribution < -0.4 is 10.3 Å². The van der Waals surface area contributed by atoms with E-state index >= 15 is 0 Å². The molecule has 4 aromatic rings. The van der Waals surface area contributed by atoms with Gasteiger partial charge in [0.2, 0.25) is 5.75 Å². The molecule has 10 heteroatoms. The first-order valence-corrected chi connectivity index (χ1v) is 12.2. The maximum Gasteiger partial charge on any atom is 0.313 e. The highest BCUT2D eigenvalue weighted by molar-refractivity contribution is 9.10. The Morgan fingerprint density at radius 3 is 2.58 bits per heavy atom. The molecule has 0 spiro atoms. The van der Waals surface area contributed by atoms with Crippen LogP contribution >= 0.6 is 27.5 Å². The SMILES string of the molecule is Cc1ccc(COc2c(C=Nn3c(C(C)C)nc4ccc(Br)cc4c3=O)cc(Cl)cc2[N+](=O)[O-])cc1. The standard InChI is InChI=1S/C26H22BrClN4O4/c1-15(2)25-30-22-9-8-19(27)11-21(22)26(33)31(25)29-13-18-10-20(28)12-23(32(34)35)24(18)36-14-17-6-4-16(3)5-7-17/h4-13,15H,14H2,1-3H3. The molecule has 0 N–H and O–H groups in total. The van der Waals surface area contributed by atoms with Gasteiger partial charge < -0.3 is 4.74 Å². The van der Waals surface area contributed by atoms with Crippen molar-refractivity contribution in [2.75, 3.05) is 0 Å². The molecule has 0 radical (unpaired) electrons. The Balaban J connectivity index is 1.82. The van der Waals surface area contributed by atoms with Gasteiger partial charge in [-0.25, -0.2) is 4.98 Å². The zero-order valence-electron chi connectivity index (χ0n) is 19.7. The molecule has 0 saturated carbocycles. The molecule has 0 saturated heterocycles. The van der Waals surface area contributed by atoms with Gasteiger partial charge >= 0.3 is 5.69 Å². The minimum absolute atomic E-state index is 0.00404. The number of aryl methyl sites for hydroxylation is 1. The Kier molecular flexibility index (Phi) is 7.51. The Labute approximate surface area is 220 Å². The van der Waals surface area contributed by atoms with Gasteiger partial charge in [-0.05, 0) is 36.8 Å². The van der Waals surface area contributed by atoms with Crippen molar-refractivity contribution in [3.63, 3.8) is 0 Å². The smallest absolute Gasteiger partial charge is 0.313 e. The van der Waals surface area contributed by atoms with Crippen LogP contribution in [0.5, 0.6) is 5.75 Å². The van der Waals surface area contributed by atoms with E-state index in [-0.39, 0.29) is 40.1 Å². The van der Waals surface area contributed by atoms with Gasteiger partial charge in [0, 0.05) is 27.0 Å².